The lowest BCUT2D eigenvalue weighted by Gasteiger charge is -2.30. The lowest BCUT2D eigenvalue weighted by Crippen LogP contribution is -2.29. The molecule has 27 heavy (non-hydrogen) atoms. The summed E-state index contributed by atoms with van der Waals surface area (Å²) in [4.78, 5) is 27.3. The number of hydrogen-bond acceptors (Lipinski definition) is 4. The molecule has 1 unspecified atom stereocenters. The van der Waals surface area contributed by atoms with E-state index in [4.69, 9.17) is 0 Å². The third kappa shape index (κ3) is 2.44. The van der Waals surface area contributed by atoms with E-state index in [1.807, 2.05) is 42.6 Å². The van der Waals surface area contributed by atoms with Gasteiger partial charge in [0.2, 0.25) is 0 Å². The van der Waals surface area contributed by atoms with Gasteiger partial charge in [0.05, 0.1) is 17.2 Å². The highest BCUT2D eigenvalue weighted by Crippen LogP contribution is 2.45. The minimum absolute atomic E-state index is 0.105. The maximum Gasteiger partial charge on any atom is 0.277 e. The van der Waals surface area contributed by atoms with Crippen LogP contribution in [0.3, 0.4) is 0 Å². The zero-order chi connectivity index (χ0) is 18.5. The number of thiophene rings is 1. The third-order valence-corrected chi connectivity index (χ3v) is 6.50. The van der Waals surface area contributed by atoms with E-state index in [2.05, 4.69) is 16.5 Å². The van der Waals surface area contributed by atoms with E-state index < -0.39 is 0 Å². The second kappa shape index (κ2) is 6.09. The number of ketones is 1. The highest BCUT2D eigenvalue weighted by Gasteiger charge is 2.39. The van der Waals surface area contributed by atoms with Gasteiger partial charge >= 0.3 is 0 Å². The van der Waals surface area contributed by atoms with E-state index in [0.29, 0.717) is 17.8 Å². The molecule has 5 nitrogen and oxygen atoms in total. The van der Waals surface area contributed by atoms with E-state index in [-0.39, 0.29) is 17.3 Å². The molecule has 0 amide bonds. The average Bonchev–Trinajstić information content (AvgIpc) is 3.24. The summed E-state index contributed by atoms with van der Waals surface area (Å²) in [5.74, 6) is 0.562. The van der Waals surface area contributed by atoms with E-state index in [9.17, 15) is 9.59 Å². The van der Waals surface area contributed by atoms with Crippen molar-refractivity contribution in [2.24, 2.45) is 0 Å². The van der Waals surface area contributed by atoms with Crippen molar-refractivity contribution in [2.45, 2.75) is 32.1 Å². The molecule has 5 rings (SSSR count). The second-order valence-corrected chi connectivity index (χ2v) is 8.02. The Balaban J connectivity index is 1.77. The van der Waals surface area contributed by atoms with Crippen LogP contribution in [0.4, 0.5) is 5.82 Å². The van der Waals surface area contributed by atoms with Crippen LogP contribution >= 0.6 is 11.3 Å². The number of rotatable bonds is 2. The molecule has 1 aliphatic heterocycles. The van der Waals surface area contributed by atoms with Gasteiger partial charge in [0, 0.05) is 22.6 Å². The van der Waals surface area contributed by atoms with Crippen molar-refractivity contribution in [3.63, 3.8) is 0 Å². The van der Waals surface area contributed by atoms with Crippen LogP contribution in [0.1, 0.15) is 41.2 Å². The van der Waals surface area contributed by atoms with Crippen LogP contribution in [0.2, 0.25) is 0 Å². The first-order valence-corrected chi connectivity index (χ1v) is 10.0. The molecule has 2 aliphatic rings. The maximum atomic E-state index is 13.4. The van der Waals surface area contributed by atoms with E-state index in [0.717, 1.165) is 40.2 Å². The summed E-state index contributed by atoms with van der Waals surface area (Å²) < 4.78 is 1.57. The van der Waals surface area contributed by atoms with Gasteiger partial charge in [-0.15, -0.1) is 11.3 Å². The first-order valence-electron chi connectivity index (χ1n) is 9.12. The van der Waals surface area contributed by atoms with Gasteiger partial charge in [-0.3, -0.25) is 14.7 Å². The van der Waals surface area contributed by atoms with Crippen molar-refractivity contribution in [1.82, 2.24) is 9.78 Å². The predicted molar refractivity (Wildman–Crippen MR) is 107 cm³/mol. The minimum Gasteiger partial charge on any atom is -0.343 e. The number of carbonyl (C=O) groups excluding carboxylic acids is 1. The molecule has 0 saturated heterocycles. The number of nitrogens with zero attached hydrogens (tertiary/aromatic N) is 1. The smallest absolute Gasteiger partial charge is 0.277 e. The summed E-state index contributed by atoms with van der Waals surface area (Å²) in [6.07, 6.45) is 2.23. The Morgan fingerprint density at radius 1 is 1.11 bits per heavy atom. The van der Waals surface area contributed by atoms with Crippen LogP contribution in [0, 0.1) is 6.92 Å². The summed E-state index contributed by atoms with van der Waals surface area (Å²) in [5.41, 5.74) is 4.16. The Morgan fingerprint density at radius 3 is 2.67 bits per heavy atom. The monoisotopic (exact) mass is 377 g/mol. The number of aromatic amines is 1. The fraction of sp³-hybridized carbons (Fsp3) is 0.238. The molecule has 3 heterocycles. The van der Waals surface area contributed by atoms with Crippen LogP contribution < -0.4 is 10.9 Å². The second-order valence-electron chi connectivity index (χ2n) is 7.07. The molecule has 0 saturated carbocycles. The van der Waals surface area contributed by atoms with Gasteiger partial charge in [-0.25, -0.2) is 4.68 Å². The lowest BCUT2D eigenvalue weighted by molar-refractivity contribution is -0.116. The molecule has 1 aromatic carbocycles. The highest BCUT2D eigenvalue weighted by molar-refractivity contribution is 7.10. The number of nitrogens with one attached hydrogen (secondary N) is 2. The van der Waals surface area contributed by atoms with Gasteiger partial charge in [0.25, 0.3) is 5.56 Å². The van der Waals surface area contributed by atoms with Gasteiger partial charge in [0.1, 0.15) is 5.82 Å². The largest absolute Gasteiger partial charge is 0.343 e. The van der Waals surface area contributed by atoms with Crippen molar-refractivity contribution in [3.8, 4) is 5.69 Å². The molecule has 2 aromatic heterocycles. The summed E-state index contributed by atoms with van der Waals surface area (Å²) >= 11 is 1.62. The molecule has 0 spiro atoms. The average molecular weight is 377 g/mol. The molecule has 1 atom stereocenters. The van der Waals surface area contributed by atoms with Gasteiger partial charge in [-0.2, -0.15) is 0 Å². The predicted octanol–water partition coefficient (Wildman–Crippen LogP) is 4.10. The number of Topliss-reactive ketones (excluding diaryl/α,β-unsaturated/α-hetero) is 1. The van der Waals surface area contributed by atoms with Crippen molar-refractivity contribution >= 4 is 22.9 Å². The zero-order valence-corrected chi connectivity index (χ0v) is 15.7. The molecular weight excluding hydrogens is 358 g/mol. The Kier molecular flexibility index (Phi) is 3.68. The zero-order valence-electron chi connectivity index (χ0n) is 14.9. The number of benzene rings is 1. The number of anilines is 1. The Bertz CT molecular complexity index is 1130. The number of aromatic nitrogens is 2. The summed E-state index contributed by atoms with van der Waals surface area (Å²) in [7, 11) is 0. The van der Waals surface area contributed by atoms with E-state index >= 15 is 0 Å². The molecule has 2 N–H and O–H groups in total. The summed E-state index contributed by atoms with van der Waals surface area (Å²) in [6, 6.07) is 11.6. The van der Waals surface area contributed by atoms with Gasteiger partial charge in [-0.05, 0) is 48.9 Å². The Morgan fingerprint density at radius 2 is 1.93 bits per heavy atom. The quantitative estimate of drug-likeness (QED) is 0.707. The molecule has 0 fully saturated rings. The molecule has 136 valence electrons. The highest BCUT2D eigenvalue weighted by atomic mass is 32.1. The topological polar surface area (TPSA) is 66.9 Å². The van der Waals surface area contributed by atoms with E-state index in [1.54, 1.807) is 16.0 Å². The summed E-state index contributed by atoms with van der Waals surface area (Å²) in [5, 5.41) is 8.62. The van der Waals surface area contributed by atoms with Crippen molar-refractivity contribution < 1.29 is 4.79 Å². The van der Waals surface area contributed by atoms with Gasteiger partial charge < -0.3 is 5.32 Å². The minimum atomic E-state index is -0.294. The first kappa shape index (κ1) is 16.3. The lowest BCUT2D eigenvalue weighted by atomic mass is 9.79. The Hall–Kier alpha value is -2.86. The Labute approximate surface area is 160 Å². The van der Waals surface area contributed by atoms with Crippen LogP contribution in [0.5, 0.6) is 0 Å². The van der Waals surface area contributed by atoms with Crippen LogP contribution in [-0.4, -0.2) is 15.6 Å². The fourth-order valence-corrected chi connectivity index (χ4v) is 5.18. The van der Waals surface area contributed by atoms with E-state index in [1.165, 1.54) is 0 Å². The number of aryl methyl sites for hydroxylation is 1. The SMILES string of the molecule is Cc1ccsc1C1C2=C(CCCC2=O)Nc2[nH]n(-c3ccccc3)c(=O)c21. The van der Waals surface area contributed by atoms with Crippen molar-refractivity contribution in [1.29, 1.82) is 0 Å². The van der Waals surface area contributed by atoms with Gasteiger partial charge in [-0.1, -0.05) is 18.2 Å². The van der Waals surface area contributed by atoms with Crippen LogP contribution in [0.15, 0.2) is 57.8 Å². The number of H-pyrrole nitrogens is 1. The third-order valence-electron chi connectivity index (χ3n) is 5.41. The first-order chi connectivity index (χ1) is 13.1. The number of hydrogen-bond donors (Lipinski definition) is 2. The number of carbonyl (C=O) groups is 1. The maximum absolute atomic E-state index is 13.4. The van der Waals surface area contributed by atoms with Crippen molar-refractivity contribution in [3.05, 3.63) is 79.4 Å². The molecule has 3 aromatic rings. The summed E-state index contributed by atoms with van der Waals surface area (Å²) in [6.45, 7) is 2.05. The molecule has 0 bridgehead atoms. The standard InChI is InChI=1S/C21H19N3O2S/c1-12-10-11-27-19(12)17-16-14(8-5-9-15(16)25)22-20-18(17)21(26)24(23-20)13-6-3-2-4-7-13/h2-4,6-7,10-11,17,22-23H,5,8-9H2,1H3. The fourth-order valence-electron chi connectivity index (χ4n) is 4.14. The number of para-hydroxylation sites is 1. The normalized spacial score (nSPS) is 18.9. The molecule has 0 radical (unpaired) electrons. The molecule has 1 aliphatic carbocycles. The van der Waals surface area contributed by atoms with Crippen molar-refractivity contribution in [2.75, 3.05) is 5.32 Å². The number of fused-ring (bicyclic) bond motifs is 1. The van der Waals surface area contributed by atoms with Crippen LogP contribution in [0.25, 0.3) is 5.69 Å². The van der Waals surface area contributed by atoms with Gasteiger partial charge in [0.15, 0.2) is 5.78 Å². The molecule has 6 heteroatoms. The molecular formula is C21H19N3O2S. The van der Waals surface area contributed by atoms with Crippen LogP contribution in [-0.2, 0) is 4.79 Å². The number of allylic oxidation sites excluding steroid dienone is 2.